The van der Waals surface area contributed by atoms with Gasteiger partial charge in [-0.25, -0.2) is 4.98 Å². The summed E-state index contributed by atoms with van der Waals surface area (Å²) in [6.07, 6.45) is -0.811. The van der Waals surface area contributed by atoms with Gasteiger partial charge in [0.1, 0.15) is 5.75 Å². The molecule has 0 bridgehead atoms. The number of nitrogens with zero attached hydrogens (tertiary/aromatic N) is 2. The zero-order chi connectivity index (χ0) is 15.3. The van der Waals surface area contributed by atoms with Crippen molar-refractivity contribution in [2.24, 2.45) is 7.05 Å². The fraction of sp³-hybridized carbons (Fsp3) is 0.357. The molecule has 1 heterocycles. The van der Waals surface area contributed by atoms with Gasteiger partial charge in [-0.15, -0.1) is 0 Å². The second kappa shape index (κ2) is 6.62. The first-order chi connectivity index (χ1) is 9.94. The number of hydrogen-bond donors (Lipinski definition) is 1. The van der Waals surface area contributed by atoms with Crippen LogP contribution in [-0.2, 0) is 20.1 Å². The Labute approximate surface area is 120 Å². The van der Waals surface area contributed by atoms with E-state index in [1.807, 2.05) is 11.6 Å². The molecule has 0 fully saturated rings. The van der Waals surface area contributed by atoms with Gasteiger partial charge in [-0.05, 0) is 17.7 Å². The summed E-state index contributed by atoms with van der Waals surface area (Å²) in [6, 6.07) is 6.55. The van der Waals surface area contributed by atoms with Gasteiger partial charge >= 0.3 is 6.18 Å². The van der Waals surface area contributed by atoms with E-state index >= 15 is 0 Å². The molecule has 0 aliphatic heterocycles. The van der Waals surface area contributed by atoms with Gasteiger partial charge in [-0.1, -0.05) is 12.1 Å². The van der Waals surface area contributed by atoms with Crippen LogP contribution in [0.1, 0.15) is 11.3 Å². The van der Waals surface area contributed by atoms with Crippen LogP contribution < -0.4 is 10.1 Å². The molecule has 2 rings (SSSR count). The van der Waals surface area contributed by atoms with Gasteiger partial charge in [0.2, 0.25) is 0 Å². The van der Waals surface area contributed by atoms with E-state index in [9.17, 15) is 13.2 Å². The van der Waals surface area contributed by atoms with Gasteiger partial charge in [0.05, 0.1) is 12.0 Å². The lowest BCUT2D eigenvalue weighted by molar-refractivity contribution is -0.153. The van der Waals surface area contributed by atoms with Gasteiger partial charge in [-0.3, -0.25) is 0 Å². The number of imidazole rings is 1. The molecule has 0 atom stereocenters. The van der Waals surface area contributed by atoms with Gasteiger partial charge in [-0.2, -0.15) is 13.2 Å². The molecule has 7 heteroatoms. The zero-order valence-electron chi connectivity index (χ0n) is 11.5. The minimum absolute atomic E-state index is 0.211. The molecule has 0 spiro atoms. The Hall–Kier alpha value is -2.02. The van der Waals surface area contributed by atoms with Gasteiger partial charge in [0, 0.05) is 26.3 Å². The minimum atomic E-state index is -4.32. The van der Waals surface area contributed by atoms with E-state index < -0.39 is 12.8 Å². The first-order valence-electron chi connectivity index (χ1n) is 6.38. The summed E-state index contributed by atoms with van der Waals surface area (Å²) in [5.41, 5.74) is 2.02. The van der Waals surface area contributed by atoms with E-state index in [1.165, 1.54) is 12.1 Å². The summed E-state index contributed by atoms with van der Waals surface area (Å²) in [7, 11) is 1.91. The summed E-state index contributed by atoms with van der Waals surface area (Å²) < 4.78 is 42.6. The third kappa shape index (κ3) is 5.11. The number of aryl methyl sites for hydroxylation is 1. The van der Waals surface area contributed by atoms with Crippen molar-refractivity contribution in [1.29, 1.82) is 0 Å². The Balaban J connectivity index is 1.78. The first kappa shape index (κ1) is 15.4. The number of aromatic nitrogens is 2. The van der Waals surface area contributed by atoms with Crippen LogP contribution in [0.3, 0.4) is 0 Å². The lowest BCUT2D eigenvalue weighted by atomic mass is 10.2. The highest BCUT2D eigenvalue weighted by atomic mass is 19.4. The van der Waals surface area contributed by atoms with Crippen LogP contribution in [0, 0.1) is 0 Å². The van der Waals surface area contributed by atoms with Crippen LogP contribution in [0.4, 0.5) is 13.2 Å². The molecule has 114 valence electrons. The highest BCUT2D eigenvalue weighted by Gasteiger charge is 2.28. The minimum Gasteiger partial charge on any atom is -0.484 e. The second-order valence-corrected chi connectivity index (χ2v) is 4.65. The third-order valence-electron chi connectivity index (χ3n) is 2.88. The van der Waals surface area contributed by atoms with Crippen LogP contribution in [0.2, 0.25) is 0 Å². The molecule has 0 unspecified atom stereocenters. The molecule has 0 aliphatic rings. The van der Waals surface area contributed by atoms with Crippen molar-refractivity contribution in [3.8, 4) is 5.75 Å². The predicted molar refractivity (Wildman–Crippen MR) is 71.7 cm³/mol. The molecule has 1 aromatic heterocycles. The molecule has 0 radical (unpaired) electrons. The molecule has 0 amide bonds. The Morgan fingerprint density at radius 2 is 1.90 bits per heavy atom. The fourth-order valence-electron chi connectivity index (χ4n) is 1.76. The molecule has 2 aromatic rings. The van der Waals surface area contributed by atoms with Crippen molar-refractivity contribution in [1.82, 2.24) is 14.9 Å². The van der Waals surface area contributed by atoms with Crippen molar-refractivity contribution in [3.05, 3.63) is 48.0 Å². The summed E-state index contributed by atoms with van der Waals surface area (Å²) >= 11 is 0. The Kier molecular flexibility index (Phi) is 4.85. The van der Waals surface area contributed by atoms with Crippen molar-refractivity contribution in [2.45, 2.75) is 19.3 Å². The number of halogens is 3. The number of benzene rings is 1. The highest BCUT2D eigenvalue weighted by Crippen LogP contribution is 2.18. The Morgan fingerprint density at radius 1 is 1.19 bits per heavy atom. The zero-order valence-corrected chi connectivity index (χ0v) is 11.5. The number of ether oxygens (including phenoxy) is 1. The molecule has 1 aromatic carbocycles. The summed E-state index contributed by atoms with van der Waals surface area (Å²) in [5.74, 6) is 0.211. The number of rotatable bonds is 6. The Morgan fingerprint density at radius 3 is 2.48 bits per heavy atom. The maximum atomic E-state index is 12.0. The van der Waals surface area contributed by atoms with Crippen molar-refractivity contribution in [2.75, 3.05) is 6.61 Å². The molecule has 0 aliphatic carbocycles. The number of hydrogen-bond acceptors (Lipinski definition) is 3. The first-order valence-corrected chi connectivity index (χ1v) is 6.38. The van der Waals surface area contributed by atoms with Crippen molar-refractivity contribution < 1.29 is 17.9 Å². The molecule has 21 heavy (non-hydrogen) atoms. The SMILES string of the molecule is Cn1cncc1CNCc1ccc(OCC(F)(F)F)cc1. The number of nitrogens with one attached hydrogen (secondary N) is 1. The lowest BCUT2D eigenvalue weighted by Gasteiger charge is -2.10. The van der Waals surface area contributed by atoms with E-state index in [2.05, 4.69) is 15.0 Å². The molecule has 0 saturated heterocycles. The van der Waals surface area contributed by atoms with Crippen molar-refractivity contribution in [3.63, 3.8) is 0 Å². The highest BCUT2D eigenvalue weighted by molar-refractivity contribution is 5.27. The van der Waals surface area contributed by atoms with Crippen LogP contribution in [0.5, 0.6) is 5.75 Å². The topological polar surface area (TPSA) is 39.1 Å². The van der Waals surface area contributed by atoms with Crippen molar-refractivity contribution >= 4 is 0 Å². The Bertz CT molecular complexity index is 564. The van der Waals surface area contributed by atoms with Crippen LogP contribution in [0.15, 0.2) is 36.8 Å². The van der Waals surface area contributed by atoms with Gasteiger partial charge in [0.15, 0.2) is 6.61 Å². The van der Waals surface area contributed by atoms with Crippen LogP contribution >= 0.6 is 0 Å². The normalized spacial score (nSPS) is 11.6. The predicted octanol–water partition coefficient (Wildman–Crippen LogP) is 2.65. The smallest absolute Gasteiger partial charge is 0.422 e. The van der Waals surface area contributed by atoms with E-state index in [4.69, 9.17) is 0 Å². The largest absolute Gasteiger partial charge is 0.484 e. The maximum absolute atomic E-state index is 12.0. The molecule has 4 nitrogen and oxygen atoms in total. The molecular weight excluding hydrogens is 283 g/mol. The third-order valence-corrected chi connectivity index (χ3v) is 2.88. The summed E-state index contributed by atoms with van der Waals surface area (Å²) in [5, 5.41) is 3.24. The second-order valence-electron chi connectivity index (χ2n) is 4.65. The molecule has 0 saturated carbocycles. The molecule has 1 N–H and O–H groups in total. The van der Waals surface area contributed by atoms with Gasteiger partial charge < -0.3 is 14.6 Å². The fourth-order valence-corrected chi connectivity index (χ4v) is 1.76. The average molecular weight is 299 g/mol. The van der Waals surface area contributed by atoms with E-state index in [1.54, 1.807) is 24.7 Å². The summed E-state index contributed by atoms with van der Waals surface area (Å²) in [6.45, 7) is 0.0125. The monoisotopic (exact) mass is 299 g/mol. The average Bonchev–Trinajstić information content (AvgIpc) is 2.83. The lowest BCUT2D eigenvalue weighted by Crippen LogP contribution is -2.19. The van der Waals surface area contributed by atoms with E-state index in [0.29, 0.717) is 13.1 Å². The van der Waals surface area contributed by atoms with Crippen LogP contribution in [0.25, 0.3) is 0 Å². The number of alkyl halides is 3. The quantitative estimate of drug-likeness (QED) is 0.891. The van der Waals surface area contributed by atoms with E-state index in [0.717, 1.165) is 11.3 Å². The molecular formula is C14H16F3N3O. The van der Waals surface area contributed by atoms with E-state index in [-0.39, 0.29) is 5.75 Å². The maximum Gasteiger partial charge on any atom is 0.422 e. The van der Waals surface area contributed by atoms with Crippen LogP contribution in [-0.4, -0.2) is 22.3 Å². The standard InChI is InChI=1S/C14H16F3N3O/c1-20-10-19-8-12(20)7-18-6-11-2-4-13(5-3-11)21-9-14(15,16)17/h2-5,8,10,18H,6-7,9H2,1H3. The summed E-state index contributed by atoms with van der Waals surface area (Å²) in [4.78, 5) is 4.01. The van der Waals surface area contributed by atoms with Gasteiger partial charge in [0.25, 0.3) is 0 Å².